The van der Waals surface area contributed by atoms with Crippen LogP contribution in [0.5, 0.6) is 0 Å². The Morgan fingerprint density at radius 3 is 2.77 bits per heavy atom. The number of urea groups is 1. The number of carbonyl (C=O) groups is 2. The van der Waals surface area contributed by atoms with Crippen molar-refractivity contribution in [2.45, 2.75) is 44.6 Å². The molecular formula is C24H29N3O3. The molecule has 2 aromatic rings. The fourth-order valence-corrected chi connectivity index (χ4v) is 4.19. The second-order valence-corrected chi connectivity index (χ2v) is 7.93. The van der Waals surface area contributed by atoms with E-state index >= 15 is 0 Å². The lowest BCUT2D eigenvalue weighted by Crippen LogP contribution is -2.31. The molecule has 6 nitrogen and oxygen atoms in total. The summed E-state index contributed by atoms with van der Waals surface area (Å²) in [4.78, 5) is 27.0. The normalized spacial score (nSPS) is 15.8. The summed E-state index contributed by atoms with van der Waals surface area (Å²) in [6.45, 7) is 1.91. The third-order valence-electron chi connectivity index (χ3n) is 5.76. The van der Waals surface area contributed by atoms with Crippen molar-refractivity contribution < 1.29 is 14.3 Å². The quantitative estimate of drug-likeness (QED) is 0.670. The molecule has 1 fully saturated rings. The first-order valence-corrected chi connectivity index (χ1v) is 10.9. The molecule has 158 valence electrons. The maximum Gasteiger partial charge on any atom is 0.319 e. The molecule has 30 heavy (non-hydrogen) atoms. The maximum atomic E-state index is 13.0. The van der Waals surface area contributed by atoms with Gasteiger partial charge in [0.1, 0.15) is 0 Å². The Hall–Kier alpha value is -2.86. The van der Waals surface area contributed by atoms with Crippen molar-refractivity contribution in [3.8, 4) is 0 Å². The van der Waals surface area contributed by atoms with Gasteiger partial charge in [-0.15, -0.1) is 0 Å². The lowest BCUT2D eigenvalue weighted by atomic mass is 10.1. The van der Waals surface area contributed by atoms with Crippen LogP contribution in [0.2, 0.25) is 0 Å². The number of rotatable bonds is 7. The molecule has 0 unspecified atom stereocenters. The lowest BCUT2D eigenvalue weighted by molar-refractivity contribution is 0.0572. The summed E-state index contributed by atoms with van der Waals surface area (Å²) in [6, 6.07) is 14.8. The van der Waals surface area contributed by atoms with Crippen LogP contribution in [0, 0.1) is 0 Å². The fraction of sp³-hybridized carbons (Fsp3) is 0.417. The maximum absolute atomic E-state index is 13.0. The molecule has 0 radical (unpaired) electrons. The molecule has 2 aliphatic rings. The first-order chi connectivity index (χ1) is 14.7. The average molecular weight is 408 g/mol. The number of hydrogen-bond donors (Lipinski definition) is 2. The van der Waals surface area contributed by atoms with Crippen molar-refractivity contribution in [1.82, 2.24) is 5.32 Å². The highest BCUT2D eigenvalue weighted by atomic mass is 16.5. The van der Waals surface area contributed by atoms with E-state index in [1.54, 1.807) is 29.2 Å². The molecule has 0 bridgehead atoms. The highest BCUT2D eigenvalue weighted by Gasteiger charge is 2.25. The summed E-state index contributed by atoms with van der Waals surface area (Å²) in [6.07, 6.45) is 6.90. The van der Waals surface area contributed by atoms with Crippen molar-refractivity contribution in [3.63, 3.8) is 0 Å². The van der Waals surface area contributed by atoms with Gasteiger partial charge in [-0.05, 0) is 55.5 Å². The lowest BCUT2D eigenvalue weighted by Gasteiger charge is -2.18. The minimum atomic E-state index is -0.271. The molecule has 2 N–H and O–H groups in total. The van der Waals surface area contributed by atoms with Gasteiger partial charge in [-0.1, -0.05) is 37.1 Å². The third kappa shape index (κ3) is 5.00. The molecule has 1 heterocycles. The van der Waals surface area contributed by atoms with Crippen molar-refractivity contribution >= 4 is 23.3 Å². The van der Waals surface area contributed by atoms with Gasteiger partial charge in [-0.3, -0.25) is 4.79 Å². The Morgan fingerprint density at radius 1 is 1.07 bits per heavy atom. The number of anilines is 2. The van der Waals surface area contributed by atoms with Crippen LogP contribution in [-0.4, -0.2) is 37.7 Å². The average Bonchev–Trinajstić information content (AvgIpc) is 3.43. The molecule has 4 rings (SSSR count). The number of hydrogen-bond acceptors (Lipinski definition) is 3. The molecular weight excluding hydrogens is 378 g/mol. The van der Waals surface area contributed by atoms with Crippen LogP contribution in [0.3, 0.4) is 0 Å². The number of carbonyl (C=O) groups excluding carboxylic acids is 2. The zero-order valence-corrected chi connectivity index (χ0v) is 17.2. The standard InChI is InChI=1S/C24H29N3O3/c28-23(27-15-13-18-7-1-4-12-22(18)27)19-8-5-9-20(17-19)26-24(29)25-14-6-16-30-21-10-2-3-11-21/h1,4-5,7-9,12,17,21H,2-3,6,10-11,13-16H2,(H2,25,26,29). The Morgan fingerprint density at radius 2 is 1.90 bits per heavy atom. The topological polar surface area (TPSA) is 70.7 Å². The molecule has 3 amide bonds. The van der Waals surface area contributed by atoms with Gasteiger partial charge in [0.15, 0.2) is 0 Å². The van der Waals surface area contributed by atoms with E-state index in [1.807, 2.05) is 18.2 Å². The van der Waals surface area contributed by atoms with E-state index in [1.165, 1.54) is 18.4 Å². The van der Waals surface area contributed by atoms with Crippen LogP contribution in [-0.2, 0) is 11.2 Å². The number of para-hydroxylation sites is 1. The fourth-order valence-electron chi connectivity index (χ4n) is 4.19. The van der Waals surface area contributed by atoms with E-state index in [2.05, 4.69) is 16.7 Å². The smallest absolute Gasteiger partial charge is 0.319 e. The summed E-state index contributed by atoms with van der Waals surface area (Å²) in [5, 5.41) is 5.67. The van der Waals surface area contributed by atoms with Crippen LogP contribution < -0.4 is 15.5 Å². The molecule has 6 heteroatoms. The second kappa shape index (κ2) is 9.76. The monoisotopic (exact) mass is 407 g/mol. The van der Waals surface area contributed by atoms with E-state index in [0.29, 0.717) is 37.1 Å². The number of benzene rings is 2. The Labute approximate surface area is 177 Å². The third-order valence-corrected chi connectivity index (χ3v) is 5.76. The van der Waals surface area contributed by atoms with Crippen LogP contribution in [0.15, 0.2) is 48.5 Å². The number of fused-ring (bicyclic) bond motifs is 1. The van der Waals surface area contributed by atoms with Crippen molar-refractivity contribution in [1.29, 1.82) is 0 Å². The molecule has 0 aromatic heterocycles. The Kier molecular flexibility index (Phi) is 6.64. The molecule has 1 saturated carbocycles. The van der Waals surface area contributed by atoms with E-state index in [0.717, 1.165) is 31.4 Å². The van der Waals surface area contributed by atoms with Crippen LogP contribution in [0.25, 0.3) is 0 Å². The summed E-state index contributed by atoms with van der Waals surface area (Å²) >= 11 is 0. The SMILES string of the molecule is O=C(NCCCOC1CCCC1)Nc1cccc(C(=O)N2CCc3ccccc32)c1. The largest absolute Gasteiger partial charge is 0.378 e. The zero-order valence-electron chi connectivity index (χ0n) is 17.2. The minimum absolute atomic E-state index is 0.0481. The van der Waals surface area contributed by atoms with Crippen LogP contribution in [0.1, 0.15) is 48.0 Å². The van der Waals surface area contributed by atoms with Crippen LogP contribution >= 0.6 is 0 Å². The highest BCUT2D eigenvalue weighted by Crippen LogP contribution is 2.29. The van der Waals surface area contributed by atoms with Gasteiger partial charge >= 0.3 is 6.03 Å². The van der Waals surface area contributed by atoms with Crippen molar-refractivity contribution in [3.05, 3.63) is 59.7 Å². The number of nitrogens with zero attached hydrogens (tertiary/aromatic N) is 1. The highest BCUT2D eigenvalue weighted by molar-refractivity contribution is 6.08. The molecule has 0 spiro atoms. The Bertz CT molecular complexity index is 893. The molecule has 1 aliphatic heterocycles. The number of nitrogens with one attached hydrogen (secondary N) is 2. The van der Waals surface area contributed by atoms with Gasteiger partial charge in [0.2, 0.25) is 0 Å². The number of amides is 3. The first kappa shape index (κ1) is 20.4. The second-order valence-electron chi connectivity index (χ2n) is 7.93. The molecule has 0 saturated heterocycles. The van der Waals surface area contributed by atoms with Gasteiger partial charge in [-0.25, -0.2) is 4.79 Å². The predicted molar refractivity (Wildman–Crippen MR) is 118 cm³/mol. The Balaban J connectivity index is 1.26. The number of ether oxygens (including phenoxy) is 1. The van der Waals surface area contributed by atoms with Gasteiger partial charge in [0.05, 0.1) is 6.10 Å². The zero-order chi connectivity index (χ0) is 20.8. The molecule has 2 aromatic carbocycles. The summed E-state index contributed by atoms with van der Waals surface area (Å²) in [5.74, 6) is -0.0481. The van der Waals surface area contributed by atoms with Gasteiger partial charge < -0.3 is 20.3 Å². The summed E-state index contributed by atoms with van der Waals surface area (Å²) in [7, 11) is 0. The van der Waals surface area contributed by atoms with Crippen molar-refractivity contribution in [2.75, 3.05) is 29.9 Å². The summed E-state index contributed by atoms with van der Waals surface area (Å²) in [5.41, 5.74) is 3.33. The molecule has 1 aliphatic carbocycles. The van der Waals surface area contributed by atoms with Gasteiger partial charge in [-0.2, -0.15) is 0 Å². The van der Waals surface area contributed by atoms with E-state index < -0.39 is 0 Å². The van der Waals surface area contributed by atoms with E-state index in [9.17, 15) is 9.59 Å². The van der Waals surface area contributed by atoms with E-state index in [-0.39, 0.29) is 11.9 Å². The molecule has 0 atom stereocenters. The summed E-state index contributed by atoms with van der Waals surface area (Å²) < 4.78 is 5.81. The first-order valence-electron chi connectivity index (χ1n) is 10.9. The van der Waals surface area contributed by atoms with Crippen molar-refractivity contribution in [2.24, 2.45) is 0 Å². The van der Waals surface area contributed by atoms with Gasteiger partial charge in [0.25, 0.3) is 5.91 Å². The van der Waals surface area contributed by atoms with E-state index in [4.69, 9.17) is 4.74 Å². The predicted octanol–water partition coefficient (Wildman–Crippen LogP) is 4.36. The van der Waals surface area contributed by atoms with Crippen LogP contribution in [0.4, 0.5) is 16.2 Å². The minimum Gasteiger partial charge on any atom is -0.378 e. The van der Waals surface area contributed by atoms with Gasteiger partial charge in [0, 0.05) is 36.6 Å².